The number of nitrogens with zero attached hydrogens (tertiary/aromatic N) is 3. The number of likely N-dealkylation sites (tertiary alicyclic amines) is 1. The van der Waals surface area contributed by atoms with Crippen molar-refractivity contribution >= 4 is 29.9 Å². The summed E-state index contributed by atoms with van der Waals surface area (Å²) < 4.78 is 18.4. The second kappa shape index (κ2) is 14.2. The quantitative estimate of drug-likeness (QED) is 0.250. The van der Waals surface area contributed by atoms with E-state index in [1.54, 1.807) is 0 Å². The molecule has 0 amide bonds. The summed E-state index contributed by atoms with van der Waals surface area (Å²) in [5.41, 5.74) is 1.10. The smallest absolute Gasteiger partial charge is 0.191 e. The maximum absolute atomic E-state index is 12.9. The van der Waals surface area contributed by atoms with Gasteiger partial charge in [0.05, 0.1) is 12.2 Å². The van der Waals surface area contributed by atoms with Crippen LogP contribution in [0.5, 0.6) is 5.75 Å². The van der Waals surface area contributed by atoms with Gasteiger partial charge in [-0.3, -0.25) is 14.9 Å². The Labute approximate surface area is 206 Å². The lowest BCUT2D eigenvalue weighted by Crippen LogP contribution is -2.48. The van der Waals surface area contributed by atoms with Crippen LogP contribution in [0.3, 0.4) is 0 Å². The number of pyridine rings is 1. The van der Waals surface area contributed by atoms with Gasteiger partial charge in [-0.1, -0.05) is 6.07 Å². The molecule has 9 heteroatoms. The van der Waals surface area contributed by atoms with Crippen molar-refractivity contribution in [2.24, 2.45) is 4.99 Å². The van der Waals surface area contributed by atoms with Crippen LogP contribution in [-0.2, 0) is 6.54 Å². The monoisotopic (exact) mass is 557 g/mol. The highest BCUT2D eigenvalue weighted by atomic mass is 127. The number of rotatable bonds is 9. The number of benzene rings is 1. The summed E-state index contributed by atoms with van der Waals surface area (Å²) in [6.45, 7) is 5.95. The number of guanidine groups is 1. The molecular weight excluding hydrogens is 524 g/mol. The molecule has 1 aromatic heterocycles. The molecule has 2 aromatic rings. The molecule has 1 aliphatic rings. The summed E-state index contributed by atoms with van der Waals surface area (Å²) >= 11 is 0. The molecule has 1 aliphatic heterocycles. The Bertz CT molecular complexity index is 802. The van der Waals surface area contributed by atoms with Gasteiger partial charge >= 0.3 is 0 Å². The van der Waals surface area contributed by atoms with Crippen molar-refractivity contribution in [2.75, 3.05) is 32.8 Å². The van der Waals surface area contributed by atoms with Crippen molar-refractivity contribution in [3.63, 3.8) is 0 Å². The number of aliphatic hydroxyl groups excluding tert-OH is 1. The summed E-state index contributed by atoms with van der Waals surface area (Å²) in [5, 5.41) is 16.9. The van der Waals surface area contributed by atoms with Gasteiger partial charge in [-0.25, -0.2) is 4.39 Å². The van der Waals surface area contributed by atoms with Crippen LogP contribution in [0, 0.1) is 5.82 Å². The van der Waals surface area contributed by atoms with Crippen molar-refractivity contribution in [2.45, 2.75) is 38.5 Å². The predicted octanol–water partition coefficient (Wildman–Crippen LogP) is 2.80. The molecule has 0 saturated carbocycles. The summed E-state index contributed by atoms with van der Waals surface area (Å²) in [6, 6.07) is 12.1. The molecule has 1 unspecified atom stereocenters. The van der Waals surface area contributed by atoms with Crippen LogP contribution >= 0.6 is 24.0 Å². The van der Waals surface area contributed by atoms with Gasteiger partial charge in [0, 0.05) is 38.4 Å². The van der Waals surface area contributed by atoms with E-state index in [-0.39, 0.29) is 42.9 Å². The van der Waals surface area contributed by atoms with E-state index in [0.717, 1.165) is 44.7 Å². The van der Waals surface area contributed by atoms with E-state index in [1.807, 2.05) is 25.3 Å². The molecular formula is C23H33FIN5O2. The summed E-state index contributed by atoms with van der Waals surface area (Å²) in [7, 11) is 0. The normalized spacial score (nSPS) is 16.2. The van der Waals surface area contributed by atoms with Gasteiger partial charge in [-0.2, -0.15) is 0 Å². The predicted molar refractivity (Wildman–Crippen MR) is 135 cm³/mol. The second-order valence-electron chi connectivity index (χ2n) is 7.65. The average Bonchev–Trinajstić information content (AvgIpc) is 2.79. The van der Waals surface area contributed by atoms with Gasteiger partial charge in [0.2, 0.25) is 0 Å². The number of hydrogen-bond donors (Lipinski definition) is 3. The molecule has 3 N–H and O–H groups in total. The van der Waals surface area contributed by atoms with E-state index in [9.17, 15) is 9.50 Å². The third-order valence-corrected chi connectivity index (χ3v) is 5.10. The Hall–Kier alpha value is -1.98. The highest BCUT2D eigenvalue weighted by molar-refractivity contribution is 14.0. The van der Waals surface area contributed by atoms with Crippen molar-refractivity contribution in [3.8, 4) is 5.75 Å². The minimum atomic E-state index is -0.749. The third kappa shape index (κ3) is 9.25. The van der Waals surface area contributed by atoms with Gasteiger partial charge in [-0.05, 0) is 56.2 Å². The Morgan fingerprint density at radius 3 is 2.66 bits per heavy atom. The second-order valence-corrected chi connectivity index (χ2v) is 7.65. The van der Waals surface area contributed by atoms with E-state index >= 15 is 0 Å². The van der Waals surface area contributed by atoms with Crippen molar-refractivity contribution < 1.29 is 14.2 Å². The Balaban J connectivity index is 0.00000363. The van der Waals surface area contributed by atoms with Gasteiger partial charge in [0.15, 0.2) is 5.96 Å². The zero-order valence-corrected chi connectivity index (χ0v) is 20.7. The fourth-order valence-electron chi connectivity index (χ4n) is 3.44. The zero-order chi connectivity index (χ0) is 21.9. The molecule has 1 aromatic carbocycles. The molecule has 1 fully saturated rings. The Kier molecular flexibility index (Phi) is 11.7. The number of hydrogen-bond acceptors (Lipinski definition) is 5. The fraction of sp³-hybridized carbons (Fsp3) is 0.478. The van der Waals surface area contributed by atoms with Crippen LogP contribution in [-0.4, -0.2) is 65.9 Å². The first kappa shape index (κ1) is 26.3. The van der Waals surface area contributed by atoms with Gasteiger partial charge < -0.3 is 20.5 Å². The van der Waals surface area contributed by atoms with E-state index in [4.69, 9.17) is 4.74 Å². The maximum Gasteiger partial charge on any atom is 0.191 e. The first-order valence-electron chi connectivity index (χ1n) is 10.9. The number of piperidine rings is 1. The minimum absolute atomic E-state index is 0. The SMILES string of the molecule is CCNC(=NCC(O)COc1ccc(F)cc1)NC1CCN(Cc2ccccn2)CC1.I. The molecule has 0 bridgehead atoms. The lowest BCUT2D eigenvalue weighted by molar-refractivity contribution is 0.114. The number of halogens is 2. The lowest BCUT2D eigenvalue weighted by Gasteiger charge is -2.32. The molecule has 7 nitrogen and oxygen atoms in total. The van der Waals surface area contributed by atoms with E-state index in [1.165, 1.54) is 24.3 Å². The van der Waals surface area contributed by atoms with E-state index in [0.29, 0.717) is 17.8 Å². The Morgan fingerprint density at radius 2 is 2.00 bits per heavy atom. The molecule has 0 radical (unpaired) electrons. The van der Waals surface area contributed by atoms with Crippen LogP contribution in [0.2, 0.25) is 0 Å². The van der Waals surface area contributed by atoms with E-state index in [2.05, 4.69) is 31.6 Å². The Morgan fingerprint density at radius 1 is 1.25 bits per heavy atom. The van der Waals surface area contributed by atoms with Crippen molar-refractivity contribution in [1.29, 1.82) is 0 Å². The third-order valence-electron chi connectivity index (χ3n) is 5.10. The van der Waals surface area contributed by atoms with Crippen LogP contribution in [0.4, 0.5) is 4.39 Å². The van der Waals surface area contributed by atoms with Crippen LogP contribution in [0.1, 0.15) is 25.5 Å². The number of aliphatic hydroxyl groups is 1. The molecule has 32 heavy (non-hydrogen) atoms. The molecule has 2 heterocycles. The minimum Gasteiger partial charge on any atom is -0.491 e. The number of aliphatic imine (C=N–C) groups is 1. The topological polar surface area (TPSA) is 82.0 Å². The van der Waals surface area contributed by atoms with Crippen LogP contribution < -0.4 is 15.4 Å². The van der Waals surface area contributed by atoms with Gasteiger partial charge in [0.1, 0.15) is 24.3 Å². The number of nitrogens with one attached hydrogen (secondary N) is 2. The molecule has 1 atom stereocenters. The molecule has 1 saturated heterocycles. The summed E-state index contributed by atoms with van der Waals surface area (Å²) in [4.78, 5) is 11.3. The molecule has 0 aliphatic carbocycles. The van der Waals surface area contributed by atoms with E-state index < -0.39 is 6.10 Å². The molecule has 176 valence electrons. The standard InChI is InChI=1S/C23H32FN5O2.HI/c1-2-25-23(27-15-21(30)17-31-22-8-6-18(24)7-9-22)28-19-10-13-29(14-11-19)16-20-5-3-4-12-26-20;/h3-9,12,19,21,30H,2,10-11,13-17H2,1H3,(H2,25,27,28);1H. The summed E-state index contributed by atoms with van der Waals surface area (Å²) in [5.74, 6) is 0.903. The highest BCUT2D eigenvalue weighted by Crippen LogP contribution is 2.13. The lowest BCUT2D eigenvalue weighted by atomic mass is 10.0. The first-order chi connectivity index (χ1) is 15.1. The largest absolute Gasteiger partial charge is 0.491 e. The first-order valence-corrected chi connectivity index (χ1v) is 10.9. The average molecular weight is 557 g/mol. The van der Waals surface area contributed by atoms with Crippen molar-refractivity contribution in [1.82, 2.24) is 20.5 Å². The number of aromatic nitrogens is 1. The maximum atomic E-state index is 12.9. The van der Waals surface area contributed by atoms with Crippen LogP contribution in [0.25, 0.3) is 0 Å². The highest BCUT2D eigenvalue weighted by Gasteiger charge is 2.20. The van der Waals surface area contributed by atoms with Gasteiger partial charge in [0.25, 0.3) is 0 Å². The summed E-state index contributed by atoms with van der Waals surface area (Å²) in [6.07, 6.45) is 3.13. The molecule has 0 spiro atoms. The van der Waals surface area contributed by atoms with Crippen molar-refractivity contribution in [3.05, 3.63) is 60.2 Å². The van der Waals surface area contributed by atoms with Gasteiger partial charge in [-0.15, -0.1) is 24.0 Å². The fourth-order valence-corrected chi connectivity index (χ4v) is 3.44. The van der Waals surface area contributed by atoms with Crippen LogP contribution in [0.15, 0.2) is 53.7 Å². The number of ether oxygens (including phenoxy) is 1. The zero-order valence-electron chi connectivity index (χ0n) is 18.4. The molecule has 3 rings (SSSR count).